The Morgan fingerprint density at radius 2 is 2.10 bits per heavy atom. The van der Waals surface area contributed by atoms with Gasteiger partial charge in [0.05, 0.1) is 5.25 Å². The van der Waals surface area contributed by atoms with Crippen LogP contribution >= 0.6 is 46.5 Å². The summed E-state index contributed by atoms with van der Waals surface area (Å²) in [5, 5.41) is 11.4. The maximum absolute atomic E-state index is 12.2. The predicted octanol–water partition coefficient (Wildman–Crippen LogP) is 4.34. The van der Waals surface area contributed by atoms with Gasteiger partial charge < -0.3 is 5.32 Å². The van der Waals surface area contributed by atoms with Gasteiger partial charge in [0, 0.05) is 10.7 Å². The molecule has 2 aromatic rings. The summed E-state index contributed by atoms with van der Waals surface area (Å²) in [4.78, 5) is 12.2. The van der Waals surface area contributed by atoms with Crippen molar-refractivity contribution in [2.45, 2.75) is 27.8 Å². The summed E-state index contributed by atoms with van der Waals surface area (Å²) in [6, 6.07) is 5.46. The first-order valence-electron chi connectivity index (χ1n) is 6.11. The average Bonchev–Trinajstić information content (AvgIpc) is 2.91. The van der Waals surface area contributed by atoms with Crippen LogP contribution in [0.3, 0.4) is 0 Å². The fourth-order valence-electron chi connectivity index (χ4n) is 1.51. The minimum Gasteiger partial charge on any atom is -0.325 e. The van der Waals surface area contributed by atoms with Gasteiger partial charge in [-0.15, -0.1) is 10.2 Å². The van der Waals surface area contributed by atoms with Crippen molar-refractivity contribution < 1.29 is 4.79 Å². The van der Waals surface area contributed by atoms with Crippen LogP contribution in [-0.2, 0) is 4.79 Å². The first-order valence-corrected chi connectivity index (χ1v) is 9.41. The maximum Gasteiger partial charge on any atom is 0.237 e. The molecule has 0 aliphatic carbocycles. The van der Waals surface area contributed by atoms with Crippen molar-refractivity contribution >= 4 is 58.1 Å². The lowest BCUT2D eigenvalue weighted by Gasteiger charge is -2.12. The molecule has 0 saturated heterocycles. The van der Waals surface area contributed by atoms with Gasteiger partial charge in [-0.25, -0.2) is 0 Å². The third-order valence-electron chi connectivity index (χ3n) is 2.73. The number of amides is 1. The van der Waals surface area contributed by atoms with Crippen LogP contribution in [0.2, 0.25) is 5.02 Å². The average molecular weight is 360 g/mol. The molecule has 2 rings (SSSR count). The molecule has 0 fully saturated rings. The first kappa shape index (κ1) is 16.6. The number of carbonyl (C=O) groups excluding carboxylic acids is 1. The third-order valence-corrected chi connectivity index (χ3v) is 6.23. The van der Waals surface area contributed by atoms with E-state index in [1.807, 2.05) is 32.2 Å². The summed E-state index contributed by atoms with van der Waals surface area (Å²) in [5.74, 6) is -0.0775. The Kier molecular flexibility index (Phi) is 5.92. The maximum atomic E-state index is 12.2. The van der Waals surface area contributed by atoms with Gasteiger partial charge >= 0.3 is 0 Å². The summed E-state index contributed by atoms with van der Waals surface area (Å²) in [7, 11) is 0. The summed E-state index contributed by atoms with van der Waals surface area (Å²) >= 11 is 10.5. The van der Waals surface area contributed by atoms with E-state index in [9.17, 15) is 4.79 Å². The number of rotatable bonds is 5. The third kappa shape index (κ3) is 4.35. The van der Waals surface area contributed by atoms with Crippen molar-refractivity contribution in [3.05, 3.63) is 28.8 Å². The zero-order valence-electron chi connectivity index (χ0n) is 11.7. The fourth-order valence-corrected chi connectivity index (χ4v) is 4.27. The minimum absolute atomic E-state index is 0.0775. The highest BCUT2D eigenvalue weighted by molar-refractivity contribution is 8.03. The molecule has 0 aliphatic heterocycles. The number of hydrogen-bond donors (Lipinski definition) is 1. The van der Waals surface area contributed by atoms with E-state index in [-0.39, 0.29) is 11.2 Å². The second-order valence-electron chi connectivity index (χ2n) is 4.20. The predicted molar refractivity (Wildman–Crippen MR) is 91.8 cm³/mol. The topological polar surface area (TPSA) is 54.9 Å². The molecule has 0 aliphatic rings. The molecule has 1 N–H and O–H groups in total. The molecule has 8 heteroatoms. The van der Waals surface area contributed by atoms with E-state index in [0.717, 1.165) is 19.9 Å². The monoisotopic (exact) mass is 359 g/mol. The Hall–Kier alpha value is -0.760. The molecule has 1 amide bonds. The molecule has 4 nitrogen and oxygen atoms in total. The van der Waals surface area contributed by atoms with Gasteiger partial charge in [0.2, 0.25) is 5.91 Å². The standard InChI is InChI=1S/C13H14ClN3OS3/c1-7-9(14)5-4-6-10(7)15-11(18)8(2)20-13-17-16-12(19-3)21-13/h4-6,8H,1-3H3,(H,15,18)/t8-/m1/s1. The van der Waals surface area contributed by atoms with Gasteiger partial charge in [0.1, 0.15) is 0 Å². The van der Waals surface area contributed by atoms with Crippen molar-refractivity contribution in [2.24, 2.45) is 0 Å². The van der Waals surface area contributed by atoms with Crippen LogP contribution in [0.1, 0.15) is 12.5 Å². The highest BCUT2D eigenvalue weighted by Gasteiger charge is 2.18. The Bertz CT molecular complexity index is 647. The van der Waals surface area contributed by atoms with Crippen LogP contribution in [0.5, 0.6) is 0 Å². The Labute approximate surface area is 141 Å². The number of hydrogen-bond acceptors (Lipinski definition) is 6. The van der Waals surface area contributed by atoms with Crippen LogP contribution in [0.4, 0.5) is 5.69 Å². The van der Waals surface area contributed by atoms with E-state index < -0.39 is 0 Å². The smallest absolute Gasteiger partial charge is 0.237 e. The Morgan fingerprint density at radius 3 is 2.76 bits per heavy atom. The van der Waals surface area contributed by atoms with Crippen molar-refractivity contribution in [1.29, 1.82) is 0 Å². The second kappa shape index (κ2) is 7.49. The van der Waals surface area contributed by atoms with E-state index >= 15 is 0 Å². The van der Waals surface area contributed by atoms with Gasteiger partial charge in [0.15, 0.2) is 8.68 Å². The molecule has 1 aromatic carbocycles. The zero-order chi connectivity index (χ0) is 15.4. The van der Waals surface area contributed by atoms with Gasteiger partial charge in [-0.2, -0.15) is 0 Å². The van der Waals surface area contributed by atoms with Crippen LogP contribution in [-0.4, -0.2) is 27.6 Å². The van der Waals surface area contributed by atoms with Crippen molar-refractivity contribution in [3.8, 4) is 0 Å². The van der Waals surface area contributed by atoms with Crippen LogP contribution in [0, 0.1) is 6.92 Å². The molecular weight excluding hydrogens is 346 g/mol. The molecular formula is C13H14ClN3OS3. The summed E-state index contributed by atoms with van der Waals surface area (Å²) < 4.78 is 1.70. The van der Waals surface area contributed by atoms with Gasteiger partial charge in [-0.1, -0.05) is 52.5 Å². The van der Waals surface area contributed by atoms with Crippen LogP contribution in [0.15, 0.2) is 26.9 Å². The Balaban J connectivity index is 2.00. The number of aromatic nitrogens is 2. The molecule has 0 bridgehead atoms. The Morgan fingerprint density at radius 1 is 1.38 bits per heavy atom. The fraction of sp³-hybridized carbons (Fsp3) is 0.308. The normalized spacial score (nSPS) is 12.2. The van der Waals surface area contributed by atoms with Crippen LogP contribution in [0.25, 0.3) is 0 Å². The van der Waals surface area contributed by atoms with Gasteiger partial charge in [-0.3, -0.25) is 4.79 Å². The number of halogens is 1. The lowest BCUT2D eigenvalue weighted by molar-refractivity contribution is -0.115. The first-order chi connectivity index (χ1) is 10.0. The number of nitrogens with zero attached hydrogens (tertiary/aromatic N) is 2. The molecule has 1 atom stereocenters. The lowest BCUT2D eigenvalue weighted by atomic mass is 10.2. The van der Waals surface area contributed by atoms with E-state index in [4.69, 9.17) is 11.6 Å². The minimum atomic E-state index is -0.258. The summed E-state index contributed by atoms with van der Waals surface area (Å²) in [6.45, 7) is 3.73. The summed E-state index contributed by atoms with van der Waals surface area (Å²) in [6.07, 6.45) is 1.95. The molecule has 1 heterocycles. The van der Waals surface area contributed by atoms with Gasteiger partial charge in [-0.05, 0) is 37.8 Å². The molecule has 0 unspecified atom stereocenters. The van der Waals surface area contributed by atoms with Crippen molar-refractivity contribution in [2.75, 3.05) is 11.6 Å². The van der Waals surface area contributed by atoms with Gasteiger partial charge in [0.25, 0.3) is 0 Å². The number of thioether (sulfide) groups is 2. The number of carbonyl (C=O) groups is 1. The highest BCUT2D eigenvalue weighted by Crippen LogP contribution is 2.31. The molecule has 21 heavy (non-hydrogen) atoms. The van der Waals surface area contributed by atoms with E-state index in [0.29, 0.717) is 5.02 Å². The molecule has 0 saturated carbocycles. The zero-order valence-corrected chi connectivity index (χ0v) is 14.9. The van der Waals surface area contributed by atoms with Crippen molar-refractivity contribution in [1.82, 2.24) is 10.2 Å². The molecule has 1 aromatic heterocycles. The number of anilines is 1. The SMILES string of the molecule is CSc1nnc(S[C@H](C)C(=O)Nc2cccc(Cl)c2C)s1. The second-order valence-corrected chi connectivity index (χ2v) is 8.23. The van der Waals surface area contributed by atoms with Crippen molar-refractivity contribution in [3.63, 3.8) is 0 Å². The van der Waals surface area contributed by atoms with E-state index in [1.54, 1.807) is 17.8 Å². The number of nitrogens with one attached hydrogen (secondary N) is 1. The number of benzene rings is 1. The molecule has 0 radical (unpaired) electrons. The summed E-state index contributed by atoms with van der Waals surface area (Å²) in [5.41, 5.74) is 1.60. The van der Waals surface area contributed by atoms with Crippen LogP contribution < -0.4 is 5.32 Å². The largest absolute Gasteiger partial charge is 0.325 e. The quantitative estimate of drug-likeness (QED) is 0.804. The van der Waals surface area contributed by atoms with E-state index in [1.165, 1.54) is 23.1 Å². The lowest BCUT2D eigenvalue weighted by Crippen LogP contribution is -2.22. The highest BCUT2D eigenvalue weighted by atomic mass is 35.5. The molecule has 0 spiro atoms. The molecule has 112 valence electrons. The van der Waals surface area contributed by atoms with E-state index in [2.05, 4.69) is 15.5 Å².